The van der Waals surface area contributed by atoms with Gasteiger partial charge in [0.15, 0.2) is 0 Å². The summed E-state index contributed by atoms with van der Waals surface area (Å²) in [6, 6.07) is 0. The zero-order chi connectivity index (χ0) is 10.8. The van der Waals surface area contributed by atoms with E-state index < -0.39 is 12.5 Å². The van der Waals surface area contributed by atoms with Crippen LogP contribution in [0.5, 0.6) is 0 Å². The third-order valence-electron chi connectivity index (χ3n) is 1.30. The Hall–Kier alpha value is 1.18. The molecule has 1 aromatic rings. The number of nitrogen functional groups attached to an aromatic ring is 1. The second-order valence-corrected chi connectivity index (χ2v) is 5.91. The molecule has 0 saturated carbocycles. The van der Waals surface area contributed by atoms with Crippen LogP contribution in [0.2, 0.25) is 0 Å². The minimum Gasteiger partial charge on any atom is -0.803 e. The van der Waals surface area contributed by atoms with Crippen LogP contribution in [0.3, 0.4) is 0 Å². The summed E-state index contributed by atoms with van der Waals surface area (Å²) in [7, 11) is 0. The average molecular weight is 281 g/mol. The van der Waals surface area contributed by atoms with E-state index in [4.69, 9.17) is 5.73 Å². The number of rotatable bonds is 3. The Morgan fingerprint density at radius 3 is 2.50 bits per heavy atom. The Balaban J connectivity index is 0. The first-order valence-corrected chi connectivity index (χ1v) is 6.52. The summed E-state index contributed by atoms with van der Waals surface area (Å²) in [6.07, 6.45) is 1.14. The molecule has 1 rings (SSSR count). The number of nitrogens with two attached hydrogens (primary N) is 1. The SMILES string of the molecule is Nc1[nH]c(=O)ncc1CSP(=O)([O-])[O-].[Na+].[Na+]. The Kier molecular flexibility index (Phi) is 10.1. The molecule has 7 nitrogen and oxygen atoms in total. The number of H-pyrrole nitrogens is 1. The predicted molar refractivity (Wildman–Crippen MR) is 48.2 cm³/mol. The van der Waals surface area contributed by atoms with E-state index in [-0.39, 0.29) is 82.1 Å². The van der Waals surface area contributed by atoms with Crippen LogP contribution in [0, 0.1) is 0 Å². The summed E-state index contributed by atoms with van der Waals surface area (Å²) in [5.41, 5.74) is 5.03. The molecule has 0 spiro atoms. The Labute approximate surface area is 139 Å². The minimum absolute atomic E-state index is 0. The summed E-state index contributed by atoms with van der Waals surface area (Å²) in [5.74, 6) is -0.106. The second kappa shape index (κ2) is 8.31. The van der Waals surface area contributed by atoms with Crippen molar-refractivity contribution in [1.82, 2.24) is 9.97 Å². The van der Waals surface area contributed by atoms with Gasteiger partial charge in [-0.2, -0.15) is 0 Å². The molecule has 0 amide bonds. The van der Waals surface area contributed by atoms with E-state index in [1.807, 2.05) is 0 Å². The van der Waals surface area contributed by atoms with Crippen molar-refractivity contribution in [2.75, 3.05) is 5.73 Å². The van der Waals surface area contributed by atoms with Crippen molar-refractivity contribution < 1.29 is 73.5 Å². The quantitative estimate of drug-likeness (QED) is 0.415. The number of aromatic nitrogens is 2. The van der Waals surface area contributed by atoms with Crippen LogP contribution in [-0.2, 0) is 10.3 Å². The molecular weight excluding hydrogens is 275 g/mol. The van der Waals surface area contributed by atoms with E-state index in [2.05, 4.69) is 9.97 Å². The first-order valence-electron chi connectivity index (χ1n) is 3.39. The molecule has 3 N–H and O–H groups in total. The summed E-state index contributed by atoms with van der Waals surface area (Å²) in [4.78, 5) is 36.7. The topological polar surface area (TPSA) is 135 Å². The van der Waals surface area contributed by atoms with Gasteiger partial charge in [0, 0.05) is 17.5 Å². The molecule has 1 aromatic heterocycles. The van der Waals surface area contributed by atoms with Crippen LogP contribution < -0.4 is 80.3 Å². The van der Waals surface area contributed by atoms with Crippen LogP contribution in [0.1, 0.15) is 5.56 Å². The molecule has 0 aliphatic carbocycles. The fraction of sp³-hybridized carbons (Fsp3) is 0.200. The van der Waals surface area contributed by atoms with Crippen molar-refractivity contribution in [3.05, 3.63) is 22.2 Å². The molecule has 78 valence electrons. The molecule has 1 heterocycles. The van der Waals surface area contributed by atoms with Gasteiger partial charge in [-0.1, -0.05) is 0 Å². The maximum absolute atomic E-state index is 10.6. The van der Waals surface area contributed by atoms with Gasteiger partial charge in [0.25, 0.3) is 0 Å². The molecule has 0 radical (unpaired) electrons. The maximum Gasteiger partial charge on any atom is 1.00 e. The van der Waals surface area contributed by atoms with Crippen LogP contribution >= 0.6 is 18.2 Å². The molecule has 0 bridgehead atoms. The zero-order valence-electron chi connectivity index (χ0n) is 8.80. The van der Waals surface area contributed by atoms with Gasteiger partial charge in [-0.15, -0.1) is 11.4 Å². The van der Waals surface area contributed by atoms with Crippen LogP contribution in [0.25, 0.3) is 0 Å². The molecule has 0 aliphatic heterocycles. The van der Waals surface area contributed by atoms with Crippen molar-refractivity contribution in [2.45, 2.75) is 5.75 Å². The van der Waals surface area contributed by atoms with Gasteiger partial charge in [0.1, 0.15) is 5.82 Å². The molecule has 0 atom stereocenters. The van der Waals surface area contributed by atoms with Crippen molar-refractivity contribution in [1.29, 1.82) is 0 Å². The molecule has 0 unspecified atom stereocenters. The first-order chi connectivity index (χ1) is 6.38. The monoisotopic (exact) mass is 281 g/mol. The number of anilines is 1. The molecule has 0 fully saturated rings. The van der Waals surface area contributed by atoms with E-state index in [0.717, 1.165) is 6.20 Å². The standard InChI is InChI=1S/C5H8N3O4PS.2Na/c6-4-3(1-7-5(9)8-4)2-14-13(10,11)12;;/h1H,2H2,(H2,10,11,12)(H3,6,7,8,9);;/q;2*+1/p-2. The summed E-state index contributed by atoms with van der Waals surface area (Å²) in [6.45, 7) is -4.62. The summed E-state index contributed by atoms with van der Waals surface area (Å²) < 4.78 is 10.3. The van der Waals surface area contributed by atoms with Crippen LogP contribution in [-0.4, -0.2) is 9.97 Å². The van der Waals surface area contributed by atoms with Crippen molar-refractivity contribution in [3.63, 3.8) is 0 Å². The number of aromatic amines is 1. The predicted octanol–water partition coefficient (Wildman–Crippen LogP) is -7.58. The van der Waals surface area contributed by atoms with Crippen molar-refractivity contribution >= 4 is 24.0 Å². The fourth-order valence-electron chi connectivity index (χ4n) is 0.697. The van der Waals surface area contributed by atoms with Crippen molar-refractivity contribution in [2.24, 2.45) is 0 Å². The number of nitrogens with one attached hydrogen (secondary N) is 1. The smallest absolute Gasteiger partial charge is 0.803 e. The minimum atomic E-state index is -4.62. The molecule has 11 heteroatoms. The van der Waals surface area contributed by atoms with Gasteiger partial charge in [-0.25, -0.2) is 9.78 Å². The zero-order valence-corrected chi connectivity index (χ0v) is 14.5. The Morgan fingerprint density at radius 1 is 1.50 bits per heavy atom. The number of nitrogens with zero attached hydrogens (tertiary/aromatic N) is 1. The van der Waals surface area contributed by atoms with Crippen LogP contribution in [0.4, 0.5) is 5.82 Å². The van der Waals surface area contributed by atoms with Gasteiger partial charge in [-0.3, -0.25) is 4.98 Å². The van der Waals surface area contributed by atoms with Gasteiger partial charge in [-0.05, 0) is 6.80 Å². The third-order valence-corrected chi connectivity index (χ3v) is 3.40. The molecule has 0 saturated heterocycles. The summed E-state index contributed by atoms with van der Waals surface area (Å²) in [5, 5.41) is 0. The molecule has 0 aliphatic rings. The normalized spacial score (nSPS) is 10.1. The molecule has 0 aromatic carbocycles. The van der Waals surface area contributed by atoms with Gasteiger partial charge in [0.2, 0.25) is 0 Å². The maximum atomic E-state index is 10.6. The fourth-order valence-corrected chi connectivity index (χ4v) is 2.12. The number of hydrogen-bond donors (Lipinski definition) is 2. The molecular formula is C5H6N3Na2O4PS. The van der Waals surface area contributed by atoms with E-state index in [0.29, 0.717) is 5.56 Å². The van der Waals surface area contributed by atoms with Crippen LogP contribution in [0.15, 0.2) is 11.0 Å². The van der Waals surface area contributed by atoms with Gasteiger partial charge < -0.3 is 20.1 Å². The van der Waals surface area contributed by atoms with Gasteiger partial charge >= 0.3 is 64.8 Å². The first kappa shape index (κ1) is 19.5. The molecule has 16 heavy (non-hydrogen) atoms. The van der Waals surface area contributed by atoms with Crippen molar-refractivity contribution in [3.8, 4) is 0 Å². The van der Waals surface area contributed by atoms with E-state index in [9.17, 15) is 19.1 Å². The van der Waals surface area contributed by atoms with E-state index in [1.54, 1.807) is 0 Å². The second-order valence-electron chi connectivity index (χ2n) is 2.35. The Morgan fingerprint density at radius 2 is 2.06 bits per heavy atom. The van der Waals surface area contributed by atoms with Gasteiger partial charge in [0.05, 0.1) is 0 Å². The largest absolute Gasteiger partial charge is 1.00 e. The van der Waals surface area contributed by atoms with E-state index >= 15 is 0 Å². The Bertz CT molecular complexity index is 436. The van der Waals surface area contributed by atoms with E-state index in [1.165, 1.54) is 0 Å². The third kappa shape index (κ3) is 7.50. The number of hydrogen-bond acceptors (Lipinski definition) is 7. The summed E-state index contributed by atoms with van der Waals surface area (Å²) >= 11 is 0.209. The average Bonchev–Trinajstić information content (AvgIpc) is 2.00.